The van der Waals surface area contributed by atoms with E-state index in [0.29, 0.717) is 24.2 Å². The van der Waals surface area contributed by atoms with Gasteiger partial charge < -0.3 is 0 Å². The minimum absolute atomic E-state index is 0.0184. The topological polar surface area (TPSA) is 34.1 Å². The zero-order chi connectivity index (χ0) is 16.9. The molecule has 1 aliphatic rings. The molecule has 0 aliphatic heterocycles. The normalized spacial score (nSPS) is 19.0. The van der Waals surface area contributed by atoms with Gasteiger partial charge in [-0.05, 0) is 30.5 Å². The van der Waals surface area contributed by atoms with Crippen LogP contribution in [0.3, 0.4) is 0 Å². The fourth-order valence-electron chi connectivity index (χ4n) is 3.58. The minimum atomic E-state index is -0.0273. The number of Topliss-reactive ketones (excluding diaryl/α,β-unsaturated/α-hetero) is 2. The number of carbonyl (C=O) groups excluding carboxylic acids is 2. The monoisotopic (exact) mass is 384 g/mol. The van der Waals surface area contributed by atoms with Crippen LogP contribution < -0.4 is 0 Å². The Hall–Kier alpha value is -1.74. The zero-order valence-electron chi connectivity index (χ0n) is 13.6. The molecule has 1 aliphatic carbocycles. The smallest absolute Gasteiger partial charge is 0.163 e. The quantitative estimate of drug-likeness (QED) is 0.631. The Morgan fingerprint density at radius 2 is 1.75 bits per heavy atom. The van der Waals surface area contributed by atoms with Crippen molar-refractivity contribution in [2.24, 2.45) is 5.92 Å². The van der Waals surface area contributed by atoms with Crippen molar-refractivity contribution in [3.8, 4) is 0 Å². The molecule has 3 heteroatoms. The number of halogens is 1. The molecule has 124 valence electrons. The molecule has 0 radical (unpaired) electrons. The summed E-state index contributed by atoms with van der Waals surface area (Å²) in [6.45, 7) is 0. The number of rotatable bonds is 5. The lowest BCUT2D eigenvalue weighted by Gasteiger charge is -2.29. The summed E-state index contributed by atoms with van der Waals surface area (Å²) in [4.78, 5) is 25.2. The molecule has 0 bridgehead atoms. The van der Waals surface area contributed by atoms with Gasteiger partial charge in [-0.25, -0.2) is 0 Å². The number of hydrogen-bond donors (Lipinski definition) is 0. The van der Waals surface area contributed by atoms with Gasteiger partial charge in [-0.3, -0.25) is 9.59 Å². The van der Waals surface area contributed by atoms with Crippen LogP contribution in [0, 0.1) is 5.92 Å². The van der Waals surface area contributed by atoms with Gasteiger partial charge in [0.25, 0.3) is 0 Å². The van der Waals surface area contributed by atoms with Crippen LogP contribution in [0.4, 0.5) is 0 Å². The summed E-state index contributed by atoms with van der Waals surface area (Å²) in [7, 11) is 0. The Bertz CT molecular complexity index is 706. The van der Waals surface area contributed by atoms with Gasteiger partial charge in [0.15, 0.2) is 5.78 Å². The van der Waals surface area contributed by atoms with Crippen molar-refractivity contribution in [2.75, 3.05) is 0 Å². The van der Waals surface area contributed by atoms with E-state index in [2.05, 4.69) is 15.9 Å². The molecule has 2 aromatic rings. The van der Waals surface area contributed by atoms with Gasteiger partial charge in [0.05, 0.1) is 0 Å². The molecule has 0 heterocycles. The molecule has 3 rings (SSSR count). The summed E-state index contributed by atoms with van der Waals surface area (Å²) >= 11 is 3.40. The van der Waals surface area contributed by atoms with Crippen molar-refractivity contribution in [2.45, 2.75) is 38.0 Å². The van der Waals surface area contributed by atoms with Crippen molar-refractivity contribution in [1.29, 1.82) is 0 Å². The first-order valence-electron chi connectivity index (χ1n) is 8.51. The Kier molecular flexibility index (Phi) is 5.62. The predicted octanol–water partition coefficient (Wildman–Crippen LogP) is 5.57. The first kappa shape index (κ1) is 17.1. The maximum Gasteiger partial charge on any atom is 0.163 e. The maximum atomic E-state index is 12.8. The lowest BCUT2D eigenvalue weighted by Crippen LogP contribution is -2.27. The molecule has 1 fully saturated rings. The Labute approximate surface area is 151 Å². The Balaban J connectivity index is 1.85. The van der Waals surface area contributed by atoms with Gasteiger partial charge in [-0.2, -0.15) is 0 Å². The Morgan fingerprint density at radius 3 is 2.42 bits per heavy atom. The van der Waals surface area contributed by atoms with E-state index in [4.69, 9.17) is 0 Å². The summed E-state index contributed by atoms with van der Waals surface area (Å²) in [6.07, 6.45) is 4.00. The molecule has 2 nitrogen and oxygen atoms in total. The average Bonchev–Trinajstić information content (AvgIpc) is 2.61. The number of hydrogen-bond acceptors (Lipinski definition) is 2. The minimum Gasteiger partial charge on any atom is -0.299 e. The fraction of sp³-hybridized carbons (Fsp3) is 0.333. The summed E-state index contributed by atoms with van der Waals surface area (Å²) in [5.41, 5.74) is 1.81. The van der Waals surface area contributed by atoms with Crippen LogP contribution in [0.1, 0.15) is 53.9 Å². The second-order valence-electron chi connectivity index (χ2n) is 6.47. The highest BCUT2D eigenvalue weighted by Crippen LogP contribution is 2.37. The van der Waals surface area contributed by atoms with E-state index in [1.54, 1.807) is 0 Å². The molecular weight excluding hydrogens is 364 g/mol. The summed E-state index contributed by atoms with van der Waals surface area (Å²) in [6, 6.07) is 17.5. The first-order chi connectivity index (χ1) is 11.6. The third-order valence-electron chi connectivity index (χ3n) is 4.89. The molecule has 0 aromatic heterocycles. The van der Waals surface area contributed by atoms with E-state index in [1.165, 1.54) is 0 Å². The summed E-state index contributed by atoms with van der Waals surface area (Å²) in [5.74, 6) is 0.379. The van der Waals surface area contributed by atoms with E-state index < -0.39 is 0 Å². The van der Waals surface area contributed by atoms with Crippen LogP contribution in [-0.2, 0) is 4.79 Å². The third kappa shape index (κ3) is 4.02. The number of carbonyl (C=O) groups is 2. The largest absolute Gasteiger partial charge is 0.299 e. The molecule has 0 unspecified atom stereocenters. The van der Waals surface area contributed by atoms with Crippen molar-refractivity contribution in [3.63, 3.8) is 0 Å². The molecule has 0 N–H and O–H groups in total. The van der Waals surface area contributed by atoms with Crippen molar-refractivity contribution in [3.05, 3.63) is 70.2 Å². The zero-order valence-corrected chi connectivity index (χ0v) is 15.2. The van der Waals surface area contributed by atoms with Crippen molar-refractivity contribution in [1.82, 2.24) is 0 Å². The van der Waals surface area contributed by atoms with Crippen LogP contribution >= 0.6 is 15.9 Å². The molecular formula is C21H21BrO2. The maximum absolute atomic E-state index is 12.8. The highest BCUT2D eigenvalue weighted by Gasteiger charge is 2.32. The van der Waals surface area contributed by atoms with Gasteiger partial charge in [-0.15, -0.1) is 0 Å². The van der Waals surface area contributed by atoms with E-state index >= 15 is 0 Å². The SMILES string of the molecule is O=C(C[C@@H](c1ccccc1)[C@H]1CCCCC1=O)c1ccc(Br)cc1. The van der Waals surface area contributed by atoms with Crippen molar-refractivity contribution >= 4 is 27.5 Å². The molecule has 0 spiro atoms. The van der Waals surface area contributed by atoms with E-state index in [-0.39, 0.29) is 17.6 Å². The second kappa shape index (κ2) is 7.89. The van der Waals surface area contributed by atoms with Crippen LogP contribution in [0.25, 0.3) is 0 Å². The third-order valence-corrected chi connectivity index (χ3v) is 5.42. The number of benzene rings is 2. The van der Waals surface area contributed by atoms with Crippen LogP contribution in [0.2, 0.25) is 0 Å². The standard InChI is InChI=1S/C21H21BrO2/c22-17-12-10-16(11-13-17)21(24)14-19(15-6-2-1-3-7-15)18-8-4-5-9-20(18)23/h1-3,6-7,10-13,18-19H,4-5,8-9,14H2/t18-,19+/m1/s1. The van der Waals surface area contributed by atoms with Crippen LogP contribution in [-0.4, -0.2) is 11.6 Å². The molecule has 2 aromatic carbocycles. The summed E-state index contributed by atoms with van der Waals surface area (Å²) < 4.78 is 0.959. The molecule has 2 atom stereocenters. The predicted molar refractivity (Wildman–Crippen MR) is 99.2 cm³/mol. The van der Waals surface area contributed by atoms with Gasteiger partial charge in [0.1, 0.15) is 5.78 Å². The van der Waals surface area contributed by atoms with E-state index in [9.17, 15) is 9.59 Å². The van der Waals surface area contributed by atoms with Gasteiger partial charge in [0.2, 0.25) is 0 Å². The highest BCUT2D eigenvalue weighted by atomic mass is 79.9. The van der Waals surface area contributed by atoms with Gasteiger partial charge >= 0.3 is 0 Å². The molecule has 0 saturated heterocycles. The summed E-state index contributed by atoms with van der Waals surface area (Å²) in [5, 5.41) is 0. The van der Waals surface area contributed by atoms with E-state index in [0.717, 1.165) is 29.3 Å². The molecule has 0 amide bonds. The number of ketones is 2. The highest BCUT2D eigenvalue weighted by molar-refractivity contribution is 9.10. The van der Waals surface area contributed by atoms with Crippen LogP contribution in [0.5, 0.6) is 0 Å². The fourth-order valence-corrected chi connectivity index (χ4v) is 3.85. The average molecular weight is 385 g/mol. The second-order valence-corrected chi connectivity index (χ2v) is 7.39. The van der Waals surface area contributed by atoms with Gasteiger partial charge in [0, 0.05) is 34.7 Å². The lowest BCUT2D eigenvalue weighted by molar-refractivity contribution is -0.125. The molecule has 1 saturated carbocycles. The van der Waals surface area contributed by atoms with E-state index in [1.807, 2.05) is 54.6 Å². The lowest BCUT2D eigenvalue weighted by atomic mass is 9.73. The first-order valence-corrected chi connectivity index (χ1v) is 9.31. The van der Waals surface area contributed by atoms with Gasteiger partial charge in [-0.1, -0.05) is 64.8 Å². The van der Waals surface area contributed by atoms with Crippen LogP contribution in [0.15, 0.2) is 59.1 Å². The van der Waals surface area contributed by atoms with Crippen molar-refractivity contribution < 1.29 is 9.59 Å². The molecule has 24 heavy (non-hydrogen) atoms. The Morgan fingerprint density at radius 1 is 1.04 bits per heavy atom.